The summed E-state index contributed by atoms with van der Waals surface area (Å²) in [6.45, 7) is 0. The van der Waals surface area contributed by atoms with Gasteiger partial charge in [0.1, 0.15) is 11.3 Å². The average molecular weight is 366 g/mol. The first-order chi connectivity index (χ1) is 10.1. The molecule has 0 radical (unpaired) electrons. The summed E-state index contributed by atoms with van der Waals surface area (Å²) in [4.78, 5) is 19.5. The molecule has 0 unspecified atom stereocenters. The van der Waals surface area contributed by atoms with Crippen molar-refractivity contribution in [2.24, 2.45) is 0 Å². The van der Waals surface area contributed by atoms with Crippen LogP contribution < -0.4 is 0 Å². The number of methoxy groups -OCH3 is 1. The maximum atomic E-state index is 11.8. The molecule has 106 valence electrons. The fraction of sp³-hybridized carbons (Fsp3) is 0.0667. The summed E-state index contributed by atoms with van der Waals surface area (Å²) in [6.07, 6.45) is 0. The van der Waals surface area contributed by atoms with Gasteiger partial charge >= 0.3 is 5.97 Å². The smallest absolute Gasteiger partial charge is 0.340 e. The predicted molar refractivity (Wildman–Crippen MR) is 85.6 cm³/mol. The lowest BCUT2D eigenvalue weighted by Crippen LogP contribution is -2.01. The number of para-hydroxylation sites is 1. The van der Waals surface area contributed by atoms with E-state index in [1.807, 2.05) is 12.1 Å². The van der Waals surface area contributed by atoms with E-state index >= 15 is 0 Å². The SMILES string of the molecule is COC(=O)c1cccc2[nH]c(-c3cc(Cl)ccc3Br)nc12. The lowest BCUT2D eigenvalue weighted by atomic mass is 10.2. The van der Waals surface area contributed by atoms with E-state index in [9.17, 15) is 4.79 Å². The van der Waals surface area contributed by atoms with Crippen LogP contribution in [0.1, 0.15) is 10.4 Å². The highest BCUT2D eigenvalue weighted by molar-refractivity contribution is 9.10. The summed E-state index contributed by atoms with van der Waals surface area (Å²) in [6, 6.07) is 10.8. The van der Waals surface area contributed by atoms with Crippen LogP contribution in [0.15, 0.2) is 40.9 Å². The molecule has 1 heterocycles. The zero-order chi connectivity index (χ0) is 15.0. The number of aromatic amines is 1. The van der Waals surface area contributed by atoms with Crippen molar-refractivity contribution in [3.8, 4) is 11.4 Å². The third kappa shape index (κ3) is 2.54. The van der Waals surface area contributed by atoms with Gasteiger partial charge in [-0.25, -0.2) is 9.78 Å². The van der Waals surface area contributed by atoms with E-state index in [0.29, 0.717) is 21.9 Å². The summed E-state index contributed by atoms with van der Waals surface area (Å²) < 4.78 is 5.65. The zero-order valence-electron chi connectivity index (χ0n) is 11.0. The molecule has 0 aliphatic heterocycles. The van der Waals surface area contributed by atoms with Crippen LogP contribution in [0.3, 0.4) is 0 Å². The van der Waals surface area contributed by atoms with Gasteiger partial charge in [-0.1, -0.05) is 33.6 Å². The van der Waals surface area contributed by atoms with Crippen LogP contribution in [0.25, 0.3) is 22.4 Å². The minimum Gasteiger partial charge on any atom is -0.465 e. The quantitative estimate of drug-likeness (QED) is 0.683. The lowest BCUT2D eigenvalue weighted by molar-refractivity contribution is 0.0603. The standard InChI is InChI=1S/C15H10BrClN2O2/c1-21-15(20)9-3-2-4-12-13(9)19-14(18-12)10-7-8(17)5-6-11(10)16/h2-7H,1H3,(H,18,19). The zero-order valence-corrected chi connectivity index (χ0v) is 13.3. The van der Waals surface area contributed by atoms with E-state index in [4.69, 9.17) is 16.3 Å². The number of imidazole rings is 1. The topological polar surface area (TPSA) is 55.0 Å². The number of esters is 1. The Morgan fingerprint density at radius 1 is 1.33 bits per heavy atom. The summed E-state index contributed by atoms with van der Waals surface area (Å²) in [7, 11) is 1.35. The number of carbonyl (C=O) groups is 1. The number of H-pyrrole nitrogens is 1. The number of fused-ring (bicyclic) bond motifs is 1. The molecule has 0 bridgehead atoms. The molecule has 3 aromatic rings. The number of hydrogen-bond donors (Lipinski definition) is 1. The number of benzene rings is 2. The first-order valence-corrected chi connectivity index (χ1v) is 7.29. The third-order valence-electron chi connectivity index (χ3n) is 3.10. The number of hydrogen-bond acceptors (Lipinski definition) is 3. The highest BCUT2D eigenvalue weighted by Crippen LogP contribution is 2.31. The Labute approximate surface area is 134 Å². The minimum atomic E-state index is -0.413. The highest BCUT2D eigenvalue weighted by atomic mass is 79.9. The molecule has 0 amide bonds. The van der Waals surface area contributed by atoms with Gasteiger partial charge in [0.05, 0.1) is 18.2 Å². The molecule has 2 aromatic carbocycles. The summed E-state index contributed by atoms with van der Waals surface area (Å²) >= 11 is 9.51. The van der Waals surface area contributed by atoms with Crippen molar-refractivity contribution >= 4 is 44.5 Å². The van der Waals surface area contributed by atoms with Gasteiger partial charge in [0.15, 0.2) is 0 Å². The maximum Gasteiger partial charge on any atom is 0.340 e. The van der Waals surface area contributed by atoms with Gasteiger partial charge in [0, 0.05) is 15.1 Å². The molecule has 0 fully saturated rings. The van der Waals surface area contributed by atoms with Gasteiger partial charge < -0.3 is 9.72 Å². The predicted octanol–water partition coefficient (Wildman–Crippen LogP) is 4.43. The molecule has 0 atom stereocenters. The summed E-state index contributed by atoms with van der Waals surface area (Å²) in [5.41, 5.74) is 2.59. The number of ether oxygens (including phenoxy) is 1. The molecular weight excluding hydrogens is 356 g/mol. The number of nitrogens with zero attached hydrogens (tertiary/aromatic N) is 1. The van der Waals surface area contributed by atoms with Gasteiger partial charge in [0.25, 0.3) is 0 Å². The van der Waals surface area contributed by atoms with E-state index in [2.05, 4.69) is 25.9 Å². The number of nitrogens with one attached hydrogen (secondary N) is 1. The van der Waals surface area contributed by atoms with E-state index in [1.165, 1.54) is 7.11 Å². The van der Waals surface area contributed by atoms with Crippen molar-refractivity contribution in [1.29, 1.82) is 0 Å². The first kappa shape index (κ1) is 14.1. The molecular formula is C15H10BrClN2O2. The second-order valence-electron chi connectivity index (χ2n) is 4.40. The number of aromatic nitrogens is 2. The molecule has 0 aliphatic rings. The fourth-order valence-electron chi connectivity index (χ4n) is 2.11. The van der Waals surface area contributed by atoms with E-state index in [1.54, 1.807) is 24.3 Å². The van der Waals surface area contributed by atoms with Crippen LogP contribution >= 0.6 is 27.5 Å². The van der Waals surface area contributed by atoms with Crippen molar-refractivity contribution in [1.82, 2.24) is 9.97 Å². The normalized spacial score (nSPS) is 10.8. The van der Waals surface area contributed by atoms with E-state index < -0.39 is 5.97 Å². The van der Waals surface area contributed by atoms with Crippen LogP contribution in [-0.4, -0.2) is 23.0 Å². The summed E-state index contributed by atoms with van der Waals surface area (Å²) in [5, 5.41) is 0.613. The Kier molecular flexibility index (Phi) is 3.69. The summed E-state index contributed by atoms with van der Waals surface area (Å²) in [5.74, 6) is 0.222. The Morgan fingerprint density at radius 2 is 2.14 bits per heavy atom. The molecule has 21 heavy (non-hydrogen) atoms. The van der Waals surface area contributed by atoms with E-state index in [0.717, 1.165) is 15.6 Å². The third-order valence-corrected chi connectivity index (χ3v) is 4.03. The van der Waals surface area contributed by atoms with Crippen LogP contribution in [0.2, 0.25) is 5.02 Å². The molecule has 1 aromatic heterocycles. The second-order valence-corrected chi connectivity index (χ2v) is 5.69. The van der Waals surface area contributed by atoms with Crippen LogP contribution in [0, 0.1) is 0 Å². The number of carbonyl (C=O) groups excluding carboxylic acids is 1. The van der Waals surface area contributed by atoms with Crippen molar-refractivity contribution in [2.75, 3.05) is 7.11 Å². The van der Waals surface area contributed by atoms with Gasteiger partial charge in [-0.05, 0) is 30.3 Å². The first-order valence-electron chi connectivity index (χ1n) is 6.12. The Bertz CT molecular complexity index is 845. The number of halogens is 2. The molecule has 0 saturated heterocycles. The van der Waals surface area contributed by atoms with Gasteiger partial charge in [-0.3, -0.25) is 0 Å². The highest BCUT2D eigenvalue weighted by Gasteiger charge is 2.15. The molecule has 4 nitrogen and oxygen atoms in total. The van der Waals surface area contributed by atoms with Crippen LogP contribution in [0.5, 0.6) is 0 Å². The molecule has 3 rings (SSSR count). The Morgan fingerprint density at radius 3 is 2.90 bits per heavy atom. The molecule has 6 heteroatoms. The fourth-order valence-corrected chi connectivity index (χ4v) is 2.72. The largest absolute Gasteiger partial charge is 0.465 e. The van der Waals surface area contributed by atoms with E-state index in [-0.39, 0.29) is 0 Å². The molecule has 0 spiro atoms. The van der Waals surface area contributed by atoms with Crippen LogP contribution in [0.4, 0.5) is 0 Å². The van der Waals surface area contributed by atoms with Crippen molar-refractivity contribution in [2.45, 2.75) is 0 Å². The van der Waals surface area contributed by atoms with Crippen molar-refractivity contribution in [3.63, 3.8) is 0 Å². The monoisotopic (exact) mass is 364 g/mol. The lowest BCUT2D eigenvalue weighted by Gasteiger charge is -2.01. The average Bonchev–Trinajstić information content (AvgIpc) is 2.92. The van der Waals surface area contributed by atoms with Crippen molar-refractivity contribution in [3.05, 3.63) is 51.5 Å². The second kappa shape index (κ2) is 5.50. The van der Waals surface area contributed by atoms with Gasteiger partial charge in [-0.2, -0.15) is 0 Å². The number of rotatable bonds is 2. The molecule has 0 aliphatic carbocycles. The maximum absolute atomic E-state index is 11.8. The molecule has 0 saturated carbocycles. The molecule has 1 N–H and O–H groups in total. The Balaban J connectivity index is 2.22. The van der Waals surface area contributed by atoms with Crippen molar-refractivity contribution < 1.29 is 9.53 Å². The van der Waals surface area contributed by atoms with Gasteiger partial charge in [-0.15, -0.1) is 0 Å². The van der Waals surface area contributed by atoms with Crippen LogP contribution in [-0.2, 0) is 4.74 Å². The Hall–Kier alpha value is -1.85. The van der Waals surface area contributed by atoms with Gasteiger partial charge in [0.2, 0.25) is 0 Å². The minimum absolute atomic E-state index is 0.413.